The van der Waals surface area contributed by atoms with Crippen LogP contribution in [0.5, 0.6) is 0 Å². The molecule has 0 radical (unpaired) electrons. The van der Waals surface area contributed by atoms with Gasteiger partial charge in [0.05, 0.1) is 11.3 Å². The van der Waals surface area contributed by atoms with Crippen molar-refractivity contribution in [2.24, 2.45) is 5.92 Å². The minimum atomic E-state index is -4.43. The lowest BCUT2D eigenvalue weighted by Crippen LogP contribution is -2.38. The number of carbonyl (C=O) groups excluding carboxylic acids is 1. The van der Waals surface area contributed by atoms with Crippen LogP contribution < -0.4 is 10.2 Å². The van der Waals surface area contributed by atoms with E-state index in [-0.39, 0.29) is 17.5 Å². The highest BCUT2D eigenvalue weighted by molar-refractivity contribution is 5.92. The fourth-order valence-electron chi connectivity index (χ4n) is 2.95. The van der Waals surface area contributed by atoms with E-state index in [0.29, 0.717) is 25.9 Å². The number of aryl methyl sites for hydroxylation is 1. The van der Waals surface area contributed by atoms with Crippen molar-refractivity contribution >= 4 is 17.4 Å². The maximum atomic E-state index is 12.8. The van der Waals surface area contributed by atoms with Crippen LogP contribution in [0.3, 0.4) is 0 Å². The van der Waals surface area contributed by atoms with E-state index in [1.807, 2.05) is 19.1 Å². The number of piperidine rings is 1. The predicted molar refractivity (Wildman–Crippen MR) is 91.8 cm³/mol. The van der Waals surface area contributed by atoms with Gasteiger partial charge in [-0.25, -0.2) is 0 Å². The predicted octanol–water partition coefficient (Wildman–Crippen LogP) is 3.66. The molecule has 5 nitrogen and oxygen atoms in total. The monoisotopic (exact) mass is 364 g/mol. The first-order valence-corrected chi connectivity index (χ1v) is 8.36. The smallest absolute Gasteiger partial charge is 0.355 e. The van der Waals surface area contributed by atoms with Crippen molar-refractivity contribution in [3.8, 4) is 0 Å². The van der Waals surface area contributed by atoms with Crippen molar-refractivity contribution in [2.45, 2.75) is 25.9 Å². The van der Waals surface area contributed by atoms with E-state index < -0.39 is 11.7 Å². The summed E-state index contributed by atoms with van der Waals surface area (Å²) in [6, 6.07) is 8.47. The van der Waals surface area contributed by atoms with Crippen LogP contribution in [-0.2, 0) is 11.0 Å². The van der Waals surface area contributed by atoms with Gasteiger partial charge >= 0.3 is 6.18 Å². The second-order valence-electron chi connectivity index (χ2n) is 6.36. The normalized spacial score (nSPS) is 15.8. The Bertz CT molecular complexity index is 769. The third kappa shape index (κ3) is 4.30. The Morgan fingerprint density at radius 3 is 2.50 bits per heavy atom. The van der Waals surface area contributed by atoms with Gasteiger partial charge in [-0.1, -0.05) is 6.07 Å². The summed E-state index contributed by atoms with van der Waals surface area (Å²) in [6.07, 6.45) is -3.21. The zero-order valence-corrected chi connectivity index (χ0v) is 14.3. The SMILES string of the molecule is Cc1ccc(N2CCC(C(=O)Nc3cccc(C(F)(F)F)c3)CC2)nn1. The standard InChI is InChI=1S/C18H19F3N4O/c1-12-5-6-16(24-23-12)25-9-7-13(8-10-25)17(26)22-15-4-2-3-14(11-15)18(19,20)21/h2-6,11,13H,7-10H2,1H3,(H,22,26). The molecule has 0 aliphatic carbocycles. The fraction of sp³-hybridized carbons (Fsp3) is 0.389. The Kier molecular flexibility index (Phi) is 5.11. The number of anilines is 2. The number of benzene rings is 1. The highest BCUT2D eigenvalue weighted by atomic mass is 19.4. The van der Waals surface area contributed by atoms with Gasteiger partial charge in [0.15, 0.2) is 5.82 Å². The summed E-state index contributed by atoms with van der Waals surface area (Å²) >= 11 is 0. The Morgan fingerprint density at radius 2 is 1.88 bits per heavy atom. The second-order valence-corrected chi connectivity index (χ2v) is 6.36. The van der Waals surface area contributed by atoms with Crippen LogP contribution in [-0.4, -0.2) is 29.2 Å². The van der Waals surface area contributed by atoms with E-state index in [1.54, 1.807) is 0 Å². The summed E-state index contributed by atoms with van der Waals surface area (Å²) in [5.41, 5.74) is 0.226. The highest BCUT2D eigenvalue weighted by Crippen LogP contribution is 2.31. The number of hydrogen-bond donors (Lipinski definition) is 1. The van der Waals surface area contributed by atoms with Crippen molar-refractivity contribution in [3.63, 3.8) is 0 Å². The number of nitrogens with zero attached hydrogens (tertiary/aromatic N) is 3. The molecular weight excluding hydrogens is 345 g/mol. The van der Waals surface area contributed by atoms with Crippen LogP contribution >= 0.6 is 0 Å². The van der Waals surface area contributed by atoms with Crippen molar-refractivity contribution < 1.29 is 18.0 Å². The van der Waals surface area contributed by atoms with Crippen molar-refractivity contribution in [1.82, 2.24) is 10.2 Å². The number of halogens is 3. The molecule has 26 heavy (non-hydrogen) atoms. The molecule has 2 heterocycles. The van der Waals surface area contributed by atoms with Gasteiger partial charge in [0.1, 0.15) is 0 Å². The van der Waals surface area contributed by atoms with Gasteiger partial charge < -0.3 is 10.2 Å². The van der Waals surface area contributed by atoms with Crippen LogP contribution in [0, 0.1) is 12.8 Å². The average Bonchev–Trinajstić information content (AvgIpc) is 2.62. The van der Waals surface area contributed by atoms with Gasteiger partial charge in [-0.15, -0.1) is 5.10 Å². The summed E-state index contributed by atoms with van der Waals surface area (Å²) in [7, 11) is 0. The molecule has 0 saturated carbocycles. The number of alkyl halides is 3. The molecule has 8 heteroatoms. The van der Waals surface area contributed by atoms with E-state index in [4.69, 9.17) is 0 Å². The zero-order chi connectivity index (χ0) is 18.7. The molecule has 1 aromatic heterocycles. The van der Waals surface area contributed by atoms with Gasteiger partial charge in [-0.3, -0.25) is 4.79 Å². The lowest BCUT2D eigenvalue weighted by Gasteiger charge is -2.31. The number of aromatic nitrogens is 2. The molecule has 1 N–H and O–H groups in total. The third-order valence-electron chi connectivity index (χ3n) is 4.43. The molecule has 0 bridgehead atoms. The zero-order valence-electron chi connectivity index (χ0n) is 14.3. The maximum Gasteiger partial charge on any atom is 0.416 e. The van der Waals surface area contributed by atoms with Crippen LogP contribution in [0.4, 0.5) is 24.7 Å². The first-order chi connectivity index (χ1) is 12.3. The minimum absolute atomic E-state index is 0.164. The van der Waals surface area contributed by atoms with Crippen molar-refractivity contribution in [2.75, 3.05) is 23.3 Å². The number of hydrogen-bond acceptors (Lipinski definition) is 4. The summed E-state index contributed by atoms with van der Waals surface area (Å²) in [6.45, 7) is 3.16. The Balaban J connectivity index is 1.58. The average molecular weight is 364 g/mol. The molecule has 0 atom stereocenters. The Morgan fingerprint density at radius 1 is 1.15 bits per heavy atom. The molecule has 0 spiro atoms. The van der Waals surface area contributed by atoms with Crippen LogP contribution in [0.25, 0.3) is 0 Å². The summed E-state index contributed by atoms with van der Waals surface area (Å²) in [4.78, 5) is 14.4. The molecule has 1 aliphatic rings. The lowest BCUT2D eigenvalue weighted by atomic mass is 9.95. The highest BCUT2D eigenvalue weighted by Gasteiger charge is 2.31. The fourth-order valence-corrected chi connectivity index (χ4v) is 2.95. The second kappa shape index (κ2) is 7.31. The molecule has 1 saturated heterocycles. The first kappa shape index (κ1) is 18.2. The molecular formula is C18H19F3N4O. The first-order valence-electron chi connectivity index (χ1n) is 8.36. The molecule has 3 rings (SSSR count). The topological polar surface area (TPSA) is 58.1 Å². The van der Waals surface area contributed by atoms with Crippen LogP contribution in [0.1, 0.15) is 24.1 Å². The van der Waals surface area contributed by atoms with E-state index in [2.05, 4.69) is 20.4 Å². The Hall–Kier alpha value is -2.64. The lowest BCUT2D eigenvalue weighted by molar-refractivity contribution is -0.137. The van der Waals surface area contributed by atoms with Gasteiger partial charge in [0, 0.05) is 24.7 Å². The minimum Gasteiger partial charge on any atom is -0.355 e. The molecule has 2 aromatic rings. The molecule has 1 fully saturated rings. The summed E-state index contributed by atoms with van der Waals surface area (Å²) in [5.74, 6) is 0.283. The molecule has 1 amide bonds. The van der Waals surface area contributed by atoms with E-state index >= 15 is 0 Å². The number of rotatable bonds is 3. The van der Waals surface area contributed by atoms with Crippen molar-refractivity contribution in [3.05, 3.63) is 47.7 Å². The Labute approximate surface area is 149 Å². The number of nitrogens with one attached hydrogen (secondary N) is 1. The summed E-state index contributed by atoms with van der Waals surface area (Å²) in [5, 5.41) is 10.8. The quantitative estimate of drug-likeness (QED) is 0.903. The maximum absolute atomic E-state index is 12.8. The van der Waals surface area contributed by atoms with Gasteiger partial charge in [-0.2, -0.15) is 18.3 Å². The van der Waals surface area contributed by atoms with Gasteiger partial charge in [0.2, 0.25) is 5.91 Å². The molecule has 138 valence electrons. The van der Waals surface area contributed by atoms with E-state index in [1.165, 1.54) is 12.1 Å². The van der Waals surface area contributed by atoms with Gasteiger partial charge in [-0.05, 0) is 50.1 Å². The molecule has 1 aliphatic heterocycles. The van der Waals surface area contributed by atoms with E-state index in [9.17, 15) is 18.0 Å². The largest absolute Gasteiger partial charge is 0.416 e. The van der Waals surface area contributed by atoms with E-state index in [0.717, 1.165) is 23.6 Å². The summed E-state index contributed by atoms with van der Waals surface area (Å²) < 4.78 is 38.3. The van der Waals surface area contributed by atoms with Gasteiger partial charge in [0.25, 0.3) is 0 Å². The third-order valence-corrected chi connectivity index (χ3v) is 4.43. The van der Waals surface area contributed by atoms with Crippen LogP contribution in [0.15, 0.2) is 36.4 Å². The number of carbonyl (C=O) groups is 1. The van der Waals surface area contributed by atoms with Crippen LogP contribution in [0.2, 0.25) is 0 Å². The molecule has 1 aromatic carbocycles. The number of amides is 1. The molecule has 0 unspecified atom stereocenters. The van der Waals surface area contributed by atoms with Crippen molar-refractivity contribution in [1.29, 1.82) is 0 Å².